The van der Waals surface area contributed by atoms with Crippen molar-refractivity contribution in [1.29, 1.82) is 0 Å². The Morgan fingerprint density at radius 2 is 2.15 bits per heavy atom. The topological polar surface area (TPSA) is 53.6 Å². The first-order valence-corrected chi connectivity index (χ1v) is 6.56. The van der Waals surface area contributed by atoms with Crippen LogP contribution in [-0.2, 0) is 0 Å². The number of nitrogens with zero attached hydrogens (tertiary/aromatic N) is 2. The van der Waals surface area contributed by atoms with Crippen LogP contribution in [0.15, 0.2) is 49.1 Å². The summed E-state index contributed by atoms with van der Waals surface area (Å²) in [5.41, 5.74) is 4.26. The fourth-order valence-corrected chi connectivity index (χ4v) is 2.15. The molecular formula is C16H18N4. The van der Waals surface area contributed by atoms with E-state index < -0.39 is 0 Å². The minimum absolute atomic E-state index is 0. The van der Waals surface area contributed by atoms with Crippen molar-refractivity contribution in [3.63, 3.8) is 0 Å². The third kappa shape index (κ3) is 2.28. The summed E-state index contributed by atoms with van der Waals surface area (Å²) >= 11 is 0. The summed E-state index contributed by atoms with van der Waals surface area (Å²) in [5.74, 6) is 0.834. The molecular weight excluding hydrogens is 248 g/mol. The van der Waals surface area contributed by atoms with Gasteiger partial charge in [-0.25, -0.2) is 9.97 Å². The highest BCUT2D eigenvalue weighted by atomic mass is 15.0. The van der Waals surface area contributed by atoms with E-state index in [-0.39, 0.29) is 1.43 Å². The van der Waals surface area contributed by atoms with E-state index in [1.807, 2.05) is 50.8 Å². The summed E-state index contributed by atoms with van der Waals surface area (Å²) in [6, 6.07) is 6.17. The highest BCUT2D eigenvalue weighted by Gasteiger charge is 2.07. The molecule has 0 aromatic carbocycles. The minimum atomic E-state index is 0. The van der Waals surface area contributed by atoms with E-state index >= 15 is 0 Å². The van der Waals surface area contributed by atoms with E-state index in [9.17, 15) is 0 Å². The first kappa shape index (κ1) is 12.4. The first-order chi connectivity index (χ1) is 9.78. The van der Waals surface area contributed by atoms with Crippen LogP contribution >= 0.6 is 0 Å². The number of anilines is 1. The fourth-order valence-electron chi connectivity index (χ4n) is 2.15. The number of pyridine rings is 2. The number of fused-ring (bicyclic) bond motifs is 1. The molecule has 0 amide bonds. The summed E-state index contributed by atoms with van der Waals surface area (Å²) in [5, 5.41) is 4.23. The second-order valence-corrected chi connectivity index (χ2v) is 4.69. The Morgan fingerprint density at radius 1 is 1.25 bits per heavy atom. The molecule has 4 nitrogen and oxygen atoms in total. The van der Waals surface area contributed by atoms with E-state index in [4.69, 9.17) is 0 Å². The van der Waals surface area contributed by atoms with Crippen LogP contribution in [0.3, 0.4) is 0 Å². The maximum Gasteiger partial charge on any atom is 0.137 e. The lowest BCUT2D eigenvalue weighted by Gasteiger charge is -2.02. The van der Waals surface area contributed by atoms with E-state index in [0.717, 1.165) is 33.5 Å². The van der Waals surface area contributed by atoms with Crippen molar-refractivity contribution in [2.45, 2.75) is 13.8 Å². The zero-order valence-corrected chi connectivity index (χ0v) is 11.5. The molecule has 0 bridgehead atoms. The quantitative estimate of drug-likeness (QED) is 0.749. The zero-order chi connectivity index (χ0) is 13.9. The van der Waals surface area contributed by atoms with Gasteiger partial charge in [0.1, 0.15) is 11.5 Å². The molecule has 0 spiro atoms. The molecule has 0 aliphatic heterocycles. The molecule has 3 rings (SSSR count). The van der Waals surface area contributed by atoms with Crippen LogP contribution in [0.1, 0.15) is 13.9 Å². The molecule has 0 aliphatic rings. The van der Waals surface area contributed by atoms with Crippen LogP contribution in [0.5, 0.6) is 0 Å². The van der Waals surface area contributed by atoms with Gasteiger partial charge in [-0.1, -0.05) is 6.08 Å². The molecule has 20 heavy (non-hydrogen) atoms. The van der Waals surface area contributed by atoms with Gasteiger partial charge in [-0.05, 0) is 43.8 Å². The van der Waals surface area contributed by atoms with Crippen molar-refractivity contribution < 1.29 is 1.43 Å². The molecule has 4 heteroatoms. The Balaban J connectivity index is 0.00000161. The van der Waals surface area contributed by atoms with E-state index in [1.165, 1.54) is 0 Å². The molecule has 3 heterocycles. The van der Waals surface area contributed by atoms with Crippen LogP contribution < -0.4 is 5.32 Å². The molecule has 2 N–H and O–H groups in total. The molecule has 0 aliphatic carbocycles. The van der Waals surface area contributed by atoms with Gasteiger partial charge in [-0.2, -0.15) is 0 Å². The van der Waals surface area contributed by atoms with Gasteiger partial charge >= 0.3 is 0 Å². The maximum atomic E-state index is 4.40. The van der Waals surface area contributed by atoms with Crippen molar-refractivity contribution in [2.24, 2.45) is 0 Å². The van der Waals surface area contributed by atoms with Crippen molar-refractivity contribution in [3.8, 4) is 11.1 Å². The van der Waals surface area contributed by atoms with E-state index in [1.54, 1.807) is 0 Å². The molecule has 0 radical (unpaired) electrons. The number of H-pyrrole nitrogens is 1. The number of hydrogen-bond acceptors (Lipinski definition) is 3. The van der Waals surface area contributed by atoms with Crippen LogP contribution in [0, 0.1) is 6.92 Å². The van der Waals surface area contributed by atoms with Gasteiger partial charge in [-0.3, -0.25) is 0 Å². The summed E-state index contributed by atoms with van der Waals surface area (Å²) in [4.78, 5) is 12.0. The van der Waals surface area contributed by atoms with Crippen molar-refractivity contribution in [2.75, 3.05) is 5.32 Å². The van der Waals surface area contributed by atoms with Gasteiger partial charge < -0.3 is 10.3 Å². The van der Waals surface area contributed by atoms with Gasteiger partial charge in [0.25, 0.3) is 0 Å². The average molecular weight is 266 g/mol. The molecule has 0 saturated carbocycles. The van der Waals surface area contributed by atoms with Crippen LogP contribution in [0.2, 0.25) is 0 Å². The molecule has 0 unspecified atom stereocenters. The van der Waals surface area contributed by atoms with E-state index in [0.29, 0.717) is 0 Å². The Kier molecular flexibility index (Phi) is 3.21. The SMILES string of the molecule is CC=CNc1ccc(-c2c[nH]c3ncc(C)cc23)cn1.[HH]. The highest BCUT2D eigenvalue weighted by molar-refractivity contribution is 5.93. The smallest absolute Gasteiger partial charge is 0.137 e. The molecule has 0 atom stereocenters. The lowest BCUT2D eigenvalue weighted by molar-refractivity contribution is 1.29. The van der Waals surface area contributed by atoms with Gasteiger partial charge in [0.2, 0.25) is 0 Å². The summed E-state index contributed by atoms with van der Waals surface area (Å²) in [7, 11) is 0. The Hall–Kier alpha value is -2.62. The average Bonchev–Trinajstić information content (AvgIpc) is 2.88. The fraction of sp³-hybridized carbons (Fsp3) is 0.125. The predicted molar refractivity (Wildman–Crippen MR) is 84.6 cm³/mol. The molecule has 3 aromatic rings. The number of nitrogens with one attached hydrogen (secondary N) is 2. The normalized spacial score (nSPS) is 11.3. The Morgan fingerprint density at radius 3 is 2.90 bits per heavy atom. The molecule has 0 fully saturated rings. The molecule has 102 valence electrons. The van der Waals surface area contributed by atoms with Crippen LogP contribution in [-0.4, -0.2) is 15.0 Å². The third-order valence-electron chi connectivity index (χ3n) is 3.14. The second-order valence-electron chi connectivity index (χ2n) is 4.69. The predicted octanol–water partition coefficient (Wildman–Crippen LogP) is 4.12. The minimum Gasteiger partial charge on any atom is -0.347 e. The van der Waals surface area contributed by atoms with Crippen molar-refractivity contribution >= 4 is 16.9 Å². The number of allylic oxidation sites excluding steroid dienone is 1. The second kappa shape index (κ2) is 5.17. The number of aromatic amines is 1. The molecule has 3 aromatic heterocycles. The Bertz CT molecular complexity index is 760. The van der Waals surface area contributed by atoms with Gasteiger partial charge in [0.15, 0.2) is 0 Å². The third-order valence-corrected chi connectivity index (χ3v) is 3.14. The number of aryl methyl sites for hydroxylation is 1. The lowest BCUT2D eigenvalue weighted by Crippen LogP contribution is -1.90. The lowest BCUT2D eigenvalue weighted by atomic mass is 10.1. The highest BCUT2D eigenvalue weighted by Crippen LogP contribution is 2.28. The monoisotopic (exact) mass is 266 g/mol. The number of aromatic nitrogens is 3. The Labute approximate surface area is 119 Å². The summed E-state index contributed by atoms with van der Waals surface area (Å²) < 4.78 is 0. The van der Waals surface area contributed by atoms with Gasteiger partial charge in [-0.15, -0.1) is 0 Å². The van der Waals surface area contributed by atoms with Crippen molar-refractivity contribution in [3.05, 3.63) is 54.6 Å². The standard InChI is InChI=1S/C16H16N4.H2/c1-3-6-17-15-5-4-12(9-18-15)14-10-20-16-13(14)7-11(2)8-19-16;/h3-10H,1-2H3,(H,17,18)(H,19,20);1H. The molecule has 0 saturated heterocycles. The van der Waals surface area contributed by atoms with Crippen LogP contribution in [0.25, 0.3) is 22.2 Å². The number of rotatable bonds is 3. The summed E-state index contributed by atoms with van der Waals surface area (Å²) in [6.07, 6.45) is 9.51. The summed E-state index contributed by atoms with van der Waals surface area (Å²) in [6.45, 7) is 4.01. The van der Waals surface area contributed by atoms with Crippen LogP contribution in [0.4, 0.5) is 5.82 Å². The van der Waals surface area contributed by atoms with Gasteiger partial charge in [0.05, 0.1) is 0 Å². The largest absolute Gasteiger partial charge is 0.347 e. The first-order valence-electron chi connectivity index (χ1n) is 6.56. The number of hydrogen-bond donors (Lipinski definition) is 2. The van der Waals surface area contributed by atoms with Gasteiger partial charge in [0, 0.05) is 36.5 Å². The van der Waals surface area contributed by atoms with Crippen molar-refractivity contribution in [1.82, 2.24) is 15.0 Å². The van der Waals surface area contributed by atoms with E-state index in [2.05, 4.69) is 32.4 Å². The maximum absolute atomic E-state index is 4.40. The zero-order valence-electron chi connectivity index (χ0n) is 11.5.